The number of hydrogen-bond donors (Lipinski definition) is 2. The Balaban J connectivity index is 0.00000264. The predicted octanol–water partition coefficient (Wildman–Crippen LogP) is 4.59. The molecule has 23 heavy (non-hydrogen) atoms. The summed E-state index contributed by atoms with van der Waals surface area (Å²) < 4.78 is 5.15. The van der Waals surface area contributed by atoms with E-state index in [9.17, 15) is 0 Å². The molecule has 0 spiro atoms. The van der Waals surface area contributed by atoms with Crippen molar-refractivity contribution in [3.05, 3.63) is 58.1 Å². The van der Waals surface area contributed by atoms with E-state index in [1.807, 2.05) is 42.5 Å². The molecule has 124 valence electrons. The standard InChI is InChI=1S/C16H17Cl2N3O.HI/c1-22-12-5-2-4-11(10-12)21-16(19)20-9-8-13-14(17)6-3-7-15(13)18;/h2-7,10H,8-9H2,1H3,(H3,19,20,21);1H. The van der Waals surface area contributed by atoms with Gasteiger partial charge >= 0.3 is 0 Å². The Kier molecular flexibility index (Phi) is 8.51. The molecule has 0 heterocycles. The van der Waals surface area contributed by atoms with Crippen molar-refractivity contribution in [1.29, 1.82) is 0 Å². The van der Waals surface area contributed by atoms with Crippen LogP contribution in [0.1, 0.15) is 5.56 Å². The lowest BCUT2D eigenvalue weighted by Crippen LogP contribution is -2.23. The molecule has 0 aromatic heterocycles. The van der Waals surface area contributed by atoms with E-state index in [-0.39, 0.29) is 24.0 Å². The number of guanidine groups is 1. The normalized spacial score (nSPS) is 10.8. The summed E-state index contributed by atoms with van der Waals surface area (Å²) in [4.78, 5) is 4.28. The molecular weight excluding hydrogens is 448 g/mol. The van der Waals surface area contributed by atoms with Crippen molar-refractivity contribution < 1.29 is 4.74 Å². The first-order valence-corrected chi connectivity index (χ1v) is 7.49. The maximum atomic E-state index is 6.11. The van der Waals surface area contributed by atoms with Gasteiger partial charge in [-0.15, -0.1) is 24.0 Å². The molecule has 0 aliphatic rings. The van der Waals surface area contributed by atoms with Crippen LogP contribution in [0.3, 0.4) is 0 Å². The minimum atomic E-state index is 0. The van der Waals surface area contributed by atoms with Crippen molar-refractivity contribution >= 4 is 58.8 Å². The fraction of sp³-hybridized carbons (Fsp3) is 0.188. The molecule has 0 amide bonds. The third-order valence-electron chi connectivity index (χ3n) is 3.05. The van der Waals surface area contributed by atoms with E-state index in [1.54, 1.807) is 7.11 Å². The van der Waals surface area contributed by atoms with Gasteiger partial charge in [0.25, 0.3) is 0 Å². The van der Waals surface area contributed by atoms with Crippen molar-refractivity contribution in [2.24, 2.45) is 10.7 Å². The van der Waals surface area contributed by atoms with Crippen molar-refractivity contribution in [3.8, 4) is 5.75 Å². The average molecular weight is 466 g/mol. The van der Waals surface area contributed by atoms with Gasteiger partial charge in [-0.3, -0.25) is 4.99 Å². The summed E-state index contributed by atoms with van der Waals surface area (Å²) in [6.07, 6.45) is 0.624. The van der Waals surface area contributed by atoms with Crippen molar-refractivity contribution in [1.82, 2.24) is 0 Å². The molecule has 0 fully saturated rings. The number of nitrogens with two attached hydrogens (primary N) is 1. The number of rotatable bonds is 5. The Bertz CT molecular complexity index is 660. The topological polar surface area (TPSA) is 59.6 Å². The number of nitrogens with zero attached hydrogens (tertiary/aromatic N) is 1. The number of aliphatic imine (C=N–C) groups is 1. The number of ether oxygens (including phenoxy) is 1. The van der Waals surface area contributed by atoms with Crippen molar-refractivity contribution in [2.75, 3.05) is 19.0 Å². The molecule has 2 rings (SSSR count). The zero-order valence-electron chi connectivity index (χ0n) is 12.6. The molecule has 0 bridgehead atoms. The quantitative estimate of drug-likeness (QED) is 0.385. The summed E-state index contributed by atoms with van der Waals surface area (Å²) in [7, 11) is 1.61. The van der Waals surface area contributed by atoms with Gasteiger partial charge in [0.1, 0.15) is 5.75 Å². The Hall–Kier alpha value is -1.18. The summed E-state index contributed by atoms with van der Waals surface area (Å²) >= 11 is 12.2. The van der Waals surface area contributed by atoms with Gasteiger partial charge in [-0.25, -0.2) is 0 Å². The van der Waals surface area contributed by atoms with E-state index >= 15 is 0 Å². The fourth-order valence-corrected chi connectivity index (χ4v) is 2.53. The van der Waals surface area contributed by atoms with Gasteiger partial charge in [0.15, 0.2) is 5.96 Å². The summed E-state index contributed by atoms with van der Waals surface area (Å²) in [6.45, 7) is 0.492. The van der Waals surface area contributed by atoms with Crippen LogP contribution in [0, 0.1) is 0 Å². The third-order valence-corrected chi connectivity index (χ3v) is 3.76. The van der Waals surface area contributed by atoms with E-state index in [4.69, 9.17) is 33.7 Å². The highest BCUT2D eigenvalue weighted by Crippen LogP contribution is 2.24. The van der Waals surface area contributed by atoms with Gasteiger partial charge in [0.05, 0.1) is 7.11 Å². The monoisotopic (exact) mass is 465 g/mol. The lowest BCUT2D eigenvalue weighted by molar-refractivity contribution is 0.415. The smallest absolute Gasteiger partial charge is 0.193 e. The zero-order chi connectivity index (χ0) is 15.9. The largest absolute Gasteiger partial charge is 0.497 e. The SMILES string of the molecule is COc1cccc(NC(N)=NCCc2c(Cl)cccc2Cl)c1.I. The lowest BCUT2D eigenvalue weighted by Gasteiger charge is -2.08. The average Bonchev–Trinajstić information content (AvgIpc) is 2.50. The zero-order valence-corrected chi connectivity index (χ0v) is 16.4. The van der Waals surface area contributed by atoms with E-state index in [2.05, 4.69) is 10.3 Å². The molecule has 0 atom stereocenters. The van der Waals surface area contributed by atoms with Crippen LogP contribution < -0.4 is 15.8 Å². The maximum Gasteiger partial charge on any atom is 0.193 e. The number of anilines is 1. The summed E-state index contributed by atoms with van der Waals surface area (Å²) in [5.41, 5.74) is 7.56. The molecule has 7 heteroatoms. The van der Waals surface area contributed by atoms with Gasteiger partial charge in [-0.2, -0.15) is 0 Å². The van der Waals surface area contributed by atoms with Gasteiger partial charge in [-0.05, 0) is 36.2 Å². The maximum absolute atomic E-state index is 6.11. The first kappa shape index (κ1) is 19.9. The molecular formula is C16H18Cl2IN3O. The first-order chi connectivity index (χ1) is 10.6. The molecule has 0 radical (unpaired) electrons. The Morgan fingerprint density at radius 3 is 2.48 bits per heavy atom. The van der Waals surface area contributed by atoms with E-state index in [1.165, 1.54) is 0 Å². The molecule has 0 aliphatic carbocycles. The molecule has 0 saturated carbocycles. The highest BCUT2D eigenvalue weighted by atomic mass is 127. The summed E-state index contributed by atoms with van der Waals surface area (Å²) in [5.74, 6) is 1.08. The second-order valence-corrected chi connectivity index (χ2v) is 5.39. The van der Waals surface area contributed by atoms with Gasteiger partial charge in [0.2, 0.25) is 0 Å². The summed E-state index contributed by atoms with van der Waals surface area (Å²) in [6, 6.07) is 12.9. The predicted molar refractivity (Wildman–Crippen MR) is 109 cm³/mol. The molecule has 2 aromatic rings. The molecule has 0 unspecified atom stereocenters. The number of benzene rings is 2. The molecule has 3 N–H and O–H groups in total. The van der Waals surface area contributed by atoms with Crippen molar-refractivity contribution in [2.45, 2.75) is 6.42 Å². The number of halogens is 3. The first-order valence-electron chi connectivity index (χ1n) is 6.74. The molecule has 0 saturated heterocycles. The third kappa shape index (κ3) is 6.08. The Morgan fingerprint density at radius 1 is 1.17 bits per heavy atom. The fourth-order valence-electron chi connectivity index (χ4n) is 1.95. The molecule has 2 aromatic carbocycles. The van der Waals surface area contributed by atoms with E-state index in [0.717, 1.165) is 17.0 Å². The number of methoxy groups -OCH3 is 1. The molecule has 0 aliphatic heterocycles. The van der Waals surface area contributed by atoms with Crippen LogP contribution in [0.5, 0.6) is 5.75 Å². The second kappa shape index (κ2) is 9.85. The van der Waals surface area contributed by atoms with Gasteiger partial charge in [0, 0.05) is 28.3 Å². The van der Waals surface area contributed by atoms with Crippen molar-refractivity contribution in [3.63, 3.8) is 0 Å². The highest BCUT2D eigenvalue weighted by molar-refractivity contribution is 14.0. The lowest BCUT2D eigenvalue weighted by atomic mass is 10.1. The number of hydrogen-bond acceptors (Lipinski definition) is 2. The van der Waals surface area contributed by atoms with Crippen LogP contribution in [0.2, 0.25) is 10.0 Å². The number of nitrogens with one attached hydrogen (secondary N) is 1. The Morgan fingerprint density at radius 2 is 1.83 bits per heavy atom. The summed E-state index contributed by atoms with van der Waals surface area (Å²) in [5, 5.41) is 4.30. The van der Waals surface area contributed by atoms with Crippen LogP contribution in [0.25, 0.3) is 0 Å². The van der Waals surface area contributed by atoms with E-state index in [0.29, 0.717) is 29.0 Å². The molecule has 4 nitrogen and oxygen atoms in total. The van der Waals surface area contributed by atoms with Gasteiger partial charge < -0.3 is 15.8 Å². The second-order valence-electron chi connectivity index (χ2n) is 4.57. The van der Waals surface area contributed by atoms with Crippen LogP contribution in [0.4, 0.5) is 5.69 Å². The van der Waals surface area contributed by atoms with Crippen LogP contribution in [-0.4, -0.2) is 19.6 Å². The van der Waals surface area contributed by atoms with Crippen LogP contribution in [0.15, 0.2) is 47.5 Å². The highest BCUT2D eigenvalue weighted by Gasteiger charge is 2.04. The minimum Gasteiger partial charge on any atom is -0.497 e. The van der Waals surface area contributed by atoms with Gasteiger partial charge in [-0.1, -0.05) is 35.3 Å². The minimum absolute atomic E-state index is 0. The van der Waals surface area contributed by atoms with Crippen LogP contribution in [-0.2, 0) is 6.42 Å². The van der Waals surface area contributed by atoms with Crippen LogP contribution >= 0.6 is 47.2 Å². The van der Waals surface area contributed by atoms with E-state index < -0.39 is 0 Å². The Labute approximate surface area is 163 Å².